The smallest absolute Gasteiger partial charge is 0.328 e. The van der Waals surface area contributed by atoms with Crippen molar-refractivity contribution < 1.29 is 17.9 Å². The van der Waals surface area contributed by atoms with E-state index in [9.17, 15) is 18.0 Å². The van der Waals surface area contributed by atoms with E-state index in [-0.39, 0.29) is 10.6 Å². The standard InChI is InChI=1S/C25H26N4O5S/c1-17-5-8-19(9-6-17)29(35(32,33)21-12-10-20(34-4)11-13-21)16-24(30)26-18-7-14-22-23(15-18)28(3)25(31)27(22)2/h5-15H,16H2,1-4H3,(H,26,30). The Labute approximate surface area is 203 Å². The SMILES string of the molecule is COc1ccc(S(=O)(=O)N(CC(=O)Nc2ccc3c(c2)n(C)c(=O)n3C)c2ccc(C)cc2)cc1. The third-order valence-corrected chi connectivity index (χ3v) is 7.60. The predicted octanol–water partition coefficient (Wildman–Crippen LogP) is 3.03. The van der Waals surface area contributed by atoms with Crippen molar-refractivity contribution in [1.29, 1.82) is 0 Å². The van der Waals surface area contributed by atoms with E-state index in [0.717, 1.165) is 15.4 Å². The molecule has 1 aromatic heterocycles. The van der Waals surface area contributed by atoms with Crippen molar-refractivity contribution in [2.24, 2.45) is 14.1 Å². The Bertz CT molecular complexity index is 1550. The Morgan fingerprint density at radius 1 is 0.943 bits per heavy atom. The number of sulfonamides is 1. The number of amides is 1. The molecule has 0 radical (unpaired) electrons. The van der Waals surface area contributed by atoms with E-state index in [0.29, 0.717) is 22.6 Å². The van der Waals surface area contributed by atoms with Crippen LogP contribution in [0.1, 0.15) is 5.56 Å². The monoisotopic (exact) mass is 494 g/mol. The zero-order valence-corrected chi connectivity index (χ0v) is 20.7. The minimum Gasteiger partial charge on any atom is -0.497 e. The minimum atomic E-state index is -4.05. The van der Waals surface area contributed by atoms with Gasteiger partial charge in [-0.15, -0.1) is 0 Å². The van der Waals surface area contributed by atoms with Crippen molar-refractivity contribution in [1.82, 2.24) is 9.13 Å². The van der Waals surface area contributed by atoms with Crippen molar-refractivity contribution in [3.05, 3.63) is 82.8 Å². The lowest BCUT2D eigenvalue weighted by molar-refractivity contribution is -0.114. The fourth-order valence-corrected chi connectivity index (χ4v) is 5.24. The molecule has 9 nitrogen and oxygen atoms in total. The molecule has 3 aromatic carbocycles. The summed E-state index contributed by atoms with van der Waals surface area (Å²) in [6.45, 7) is 1.45. The first kappa shape index (κ1) is 24.1. The summed E-state index contributed by atoms with van der Waals surface area (Å²) in [7, 11) is 0.765. The van der Waals surface area contributed by atoms with Crippen molar-refractivity contribution in [2.45, 2.75) is 11.8 Å². The Morgan fingerprint density at radius 3 is 2.20 bits per heavy atom. The van der Waals surface area contributed by atoms with Gasteiger partial charge in [0.25, 0.3) is 10.0 Å². The number of hydrogen-bond acceptors (Lipinski definition) is 5. The molecule has 0 aliphatic heterocycles. The summed E-state index contributed by atoms with van der Waals surface area (Å²) in [5, 5.41) is 2.75. The number of carbonyl (C=O) groups is 1. The lowest BCUT2D eigenvalue weighted by Gasteiger charge is -2.24. The lowest BCUT2D eigenvalue weighted by atomic mass is 10.2. The van der Waals surface area contributed by atoms with Gasteiger partial charge in [-0.2, -0.15) is 0 Å². The van der Waals surface area contributed by atoms with Gasteiger partial charge in [-0.1, -0.05) is 17.7 Å². The fraction of sp³-hybridized carbons (Fsp3) is 0.200. The quantitative estimate of drug-likeness (QED) is 0.426. The van der Waals surface area contributed by atoms with E-state index in [1.54, 1.807) is 68.7 Å². The first-order valence-corrected chi connectivity index (χ1v) is 12.2. The number of nitrogens with zero attached hydrogens (tertiary/aromatic N) is 3. The molecule has 10 heteroatoms. The van der Waals surface area contributed by atoms with Gasteiger partial charge >= 0.3 is 5.69 Å². The summed E-state index contributed by atoms with van der Waals surface area (Å²) in [5.41, 5.74) is 2.97. The molecule has 0 aliphatic rings. The second kappa shape index (κ2) is 9.30. The van der Waals surface area contributed by atoms with Gasteiger partial charge in [0, 0.05) is 19.8 Å². The average molecular weight is 495 g/mol. The van der Waals surface area contributed by atoms with Crippen molar-refractivity contribution >= 4 is 38.3 Å². The van der Waals surface area contributed by atoms with E-state index in [1.807, 2.05) is 6.92 Å². The number of hydrogen-bond donors (Lipinski definition) is 1. The maximum absolute atomic E-state index is 13.5. The second-order valence-electron chi connectivity index (χ2n) is 8.18. The van der Waals surface area contributed by atoms with Gasteiger partial charge in [-0.05, 0) is 61.5 Å². The number of methoxy groups -OCH3 is 1. The van der Waals surface area contributed by atoms with Crippen LogP contribution in [0, 0.1) is 6.92 Å². The topological polar surface area (TPSA) is 103 Å². The molecule has 0 saturated heterocycles. The maximum Gasteiger partial charge on any atom is 0.328 e. The summed E-state index contributed by atoms with van der Waals surface area (Å²) < 4.78 is 36.3. The summed E-state index contributed by atoms with van der Waals surface area (Å²) in [4.78, 5) is 25.2. The number of fused-ring (bicyclic) bond motifs is 1. The molecule has 1 N–H and O–H groups in total. The van der Waals surface area contributed by atoms with Gasteiger partial charge in [0.2, 0.25) is 5.91 Å². The molecule has 35 heavy (non-hydrogen) atoms. The van der Waals surface area contributed by atoms with Gasteiger partial charge in [-0.25, -0.2) is 13.2 Å². The fourth-order valence-electron chi connectivity index (χ4n) is 3.82. The number of rotatable bonds is 7. The Hall–Kier alpha value is -4.05. The first-order chi connectivity index (χ1) is 16.6. The third-order valence-electron chi connectivity index (χ3n) is 5.81. The zero-order valence-electron chi connectivity index (χ0n) is 19.8. The summed E-state index contributed by atoms with van der Waals surface area (Å²) in [6.07, 6.45) is 0. The molecular formula is C25H26N4O5S. The van der Waals surface area contributed by atoms with Crippen LogP contribution in [-0.4, -0.2) is 37.1 Å². The Kier molecular flexibility index (Phi) is 6.40. The van der Waals surface area contributed by atoms with Crippen LogP contribution in [0.4, 0.5) is 11.4 Å². The molecule has 0 fully saturated rings. The highest BCUT2D eigenvalue weighted by molar-refractivity contribution is 7.92. The molecule has 0 atom stereocenters. The van der Waals surface area contributed by atoms with E-state index < -0.39 is 22.5 Å². The molecule has 0 bridgehead atoms. The molecular weight excluding hydrogens is 468 g/mol. The van der Waals surface area contributed by atoms with E-state index in [4.69, 9.17) is 4.74 Å². The molecule has 0 unspecified atom stereocenters. The molecule has 0 spiro atoms. The number of imidazole rings is 1. The third kappa shape index (κ3) is 4.65. The van der Waals surface area contributed by atoms with Crippen molar-refractivity contribution in [3.63, 3.8) is 0 Å². The van der Waals surface area contributed by atoms with Gasteiger partial charge in [0.05, 0.1) is 28.7 Å². The predicted molar refractivity (Wildman–Crippen MR) is 135 cm³/mol. The van der Waals surface area contributed by atoms with Gasteiger partial charge in [-0.3, -0.25) is 18.2 Å². The molecule has 0 aliphatic carbocycles. The molecule has 4 rings (SSSR count). The van der Waals surface area contributed by atoms with Crippen LogP contribution in [0.3, 0.4) is 0 Å². The second-order valence-corrected chi connectivity index (χ2v) is 10.0. The lowest BCUT2D eigenvalue weighted by Crippen LogP contribution is -2.38. The van der Waals surface area contributed by atoms with Gasteiger partial charge in [0.1, 0.15) is 12.3 Å². The molecule has 1 heterocycles. The van der Waals surface area contributed by atoms with Crippen LogP contribution in [0.15, 0.2) is 76.4 Å². The highest BCUT2D eigenvalue weighted by atomic mass is 32.2. The van der Waals surface area contributed by atoms with Crippen LogP contribution < -0.4 is 20.0 Å². The Balaban J connectivity index is 1.66. The number of nitrogens with one attached hydrogen (secondary N) is 1. The number of anilines is 2. The van der Waals surface area contributed by atoms with Crippen LogP contribution in [0.2, 0.25) is 0 Å². The van der Waals surface area contributed by atoms with Crippen LogP contribution >= 0.6 is 0 Å². The summed E-state index contributed by atoms with van der Waals surface area (Å²) in [5.74, 6) is -0.00257. The molecule has 0 saturated carbocycles. The van der Waals surface area contributed by atoms with Crippen LogP contribution in [0.5, 0.6) is 5.75 Å². The molecule has 4 aromatic rings. The highest BCUT2D eigenvalue weighted by Gasteiger charge is 2.27. The summed E-state index contributed by atoms with van der Waals surface area (Å²) in [6, 6.07) is 18.0. The van der Waals surface area contributed by atoms with Crippen LogP contribution in [-0.2, 0) is 28.9 Å². The Morgan fingerprint density at radius 2 is 1.57 bits per heavy atom. The molecule has 182 valence electrons. The highest BCUT2D eigenvalue weighted by Crippen LogP contribution is 2.26. The number of carbonyl (C=O) groups excluding carboxylic acids is 1. The minimum absolute atomic E-state index is 0.0346. The number of benzene rings is 3. The zero-order chi connectivity index (χ0) is 25.3. The number of aryl methyl sites for hydroxylation is 3. The van der Waals surface area contributed by atoms with E-state index >= 15 is 0 Å². The van der Waals surface area contributed by atoms with E-state index in [1.165, 1.54) is 28.4 Å². The molecule has 1 amide bonds. The van der Waals surface area contributed by atoms with Crippen molar-refractivity contribution in [3.8, 4) is 5.75 Å². The normalized spacial score (nSPS) is 11.4. The van der Waals surface area contributed by atoms with Gasteiger partial charge < -0.3 is 10.1 Å². The van der Waals surface area contributed by atoms with E-state index in [2.05, 4.69) is 5.32 Å². The van der Waals surface area contributed by atoms with Crippen molar-refractivity contribution in [2.75, 3.05) is 23.3 Å². The maximum atomic E-state index is 13.5. The number of aromatic nitrogens is 2. The first-order valence-electron chi connectivity index (χ1n) is 10.8. The van der Waals surface area contributed by atoms with Crippen LogP contribution in [0.25, 0.3) is 11.0 Å². The number of ether oxygens (including phenoxy) is 1. The van der Waals surface area contributed by atoms with Gasteiger partial charge in [0.15, 0.2) is 0 Å². The largest absolute Gasteiger partial charge is 0.497 e. The summed E-state index contributed by atoms with van der Waals surface area (Å²) >= 11 is 0. The average Bonchev–Trinajstić information content (AvgIpc) is 3.06.